The molecule has 130 valence electrons. The number of carbonyl (C=O) groups excluding carboxylic acids is 1. The van der Waals surface area contributed by atoms with E-state index in [1.54, 1.807) is 0 Å². The van der Waals surface area contributed by atoms with E-state index in [0.29, 0.717) is 19.1 Å². The molecule has 1 aromatic heterocycles. The maximum Gasteiger partial charge on any atom is 0.318 e. The van der Waals surface area contributed by atoms with Crippen LogP contribution in [0.2, 0.25) is 0 Å². The topological polar surface area (TPSA) is 53.4 Å². The maximum absolute atomic E-state index is 12.7. The van der Waals surface area contributed by atoms with Crippen LogP contribution in [-0.2, 0) is 13.6 Å². The highest BCUT2D eigenvalue weighted by molar-refractivity contribution is 5.75. The van der Waals surface area contributed by atoms with Crippen LogP contribution in [0.4, 0.5) is 4.79 Å². The van der Waals surface area contributed by atoms with Crippen molar-refractivity contribution in [3.05, 3.63) is 17.0 Å². The minimum atomic E-state index is -0.0645. The van der Waals surface area contributed by atoms with Crippen LogP contribution in [-0.4, -0.2) is 57.8 Å². The molecule has 0 atom stereocenters. The second-order valence-corrected chi connectivity index (χ2v) is 7.50. The highest BCUT2D eigenvalue weighted by Crippen LogP contribution is 2.29. The molecule has 2 rings (SSSR count). The molecule has 1 aromatic rings. The largest absolute Gasteiger partial charge is 0.336 e. The van der Waals surface area contributed by atoms with Gasteiger partial charge in [-0.25, -0.2) is 4.79 Å². The zero-order valence-electron chi connectivity index (χ0n) is 15.6. The normalized spacial score (nSPS) is 15.1. The van der Waals surface area contributed by atoms with Crippen molar-refractivity contribution in [2.45, 2.75) is 58.7 Å². The third-order valence-corrected chi connectivity index (χ3v) is 5.12. The van der Waals surface area contributed by atoms with Crippen LogP contribution < -0.4 is 5.32 Å². The molecular formula is C17H31N5O. The first-order valence-electron chi connectivity index (χ1n) is 8.34. The predicted octanol–water partition coefficient (Wildman–Crippen LogP) is 2.05. The number of urea groups is 1. The van der Waals surface area contributed by atoms with Gasteiger partial charge in [0, 0.05) is 36.4 Å². The van der Waals surface area contributed by atoms with Gasteiger partial charge < -0.3 is 15.1 Å². The third-order valence-electron chi connectivity index (χ3n) is 5.12. The lowest BCUT2D eigenvalue weighted by Gasteiger charge is -2.34. The molecule has 6 heteroatoms. The second kappa shape index (κ2) is 6.51. The summed E-state index contributed by atoms with van der Waals surface area (Å²) in [6, 6.07) is 0.404. The average Bonchev–Trinajstić information content (AvgIpc) is 3.25. The fourth-order valence-corrected chi connectivity index (χ4v) is 2.52. The van der Waals surface area contributed by atoms with E-state index >= 15 is 0 Å². The average molecular weight is 321 g/mol. The van der Waals surface area contributed by atoms with Crippen LogP contribution in [0.1, 0.15) is 43.6 Å². The van der Waals surface area contributed by atoms with E-state index in [1.807, 2.05) is 37.6 Å². The first kappa shape index (κ1) is 17.8. The van der Waals surface area contributed by atoms with Gasteiger partial charge in [0.2, 0.25) is 0 Å². The van der Waals surface area contributed by atoms with Crippen molar-refractivity contribution in [1.82, 2.24) is 24.9 Å². The number of hydrogen-bond donors (Lipinski definition) is 1. The number of aromatic nitrogens is 2. The van der Waals surface area contributed by atoms with Gasteiger partial charge >= 0.3 is 6.03 Å². The summed E-state index contributed by atoms with van der Waals surface area (Å²) in [5.41, 5.74) is 3.25. The van der Waals surface area contributed by atoms with Crippen molar-refractivity contribution in [1.29, 1.82) is 0 Å². The fraction of sp³-hybridized carbons (Fsp3) is 0.765. The molecule has 1 N–H and O–H groups in total. The van der Waals surface area contributed by atoms with E-state index in [9.17, 15) is 4.79 Å². The Hall–Kier alpha value is -1.56. The van der Waals surface area contributed by atoms with Crippen LogP contribution in [0, 0.1) is 13.8 Å². The molecule has 0 unspecified atom stereocenters. The number of amides is 2. The summed E-state index contributed by atoms with van der Waals surface area (Å²) in [5.74, 6) is 0. The molecule has 1 fully saturated rings. The molecule has 1 aliphatic carbocycles. The Bertz CT molecular complexity index is 572. The van der Waals surface area contributed by atoms with Crippen molar-refractivity contribution in [3.63, 3.8) is 0 Å². The Kier molecular flexibility index (Phi) is 5.04. The summed E-state index contributed by atoms with van der Waals surface area (Å²) in [7, 11) is 6.02. The smallest absolute Gasteiger partial charge is 0.318 e. The van der Waals surface area contributed by atoms with Gasteiger partial charge in [-0.1, -0.05) is 0 Å². The summed E-state index contributed by atoms with van der Waals surface area (Å²) in [6.45, 7) is 9.61. The summed E-state index contributed by atoms with van der Waals surface area (Å²) in [6.07, 6.45) is 2.20. The molecule has 0 spiro atoms. The first-order chi connectivity index (χ1) is 10.6. The number of aryl methyl sites for hydroxylation is 2. The van der Waals surface area contributed by atoms with E-state index in [4.69, 9.17) is 0 Å². The number of nitrogens with one attached hydrogen (secondary N) is 1. The van der Waals surface area contributed by atoms with Crippen LogP contribution >= 0.6 is 0 Å². The Morgan fingerprint density at radius 1 is 1.35 bits per heavy atom. The van der Waals surface area contributed by atoms with Crippen molar-refractivity contribution >= 4 is 6.03 Å². The molecule has 1 heterocycles. The van der Waals surface area contributed by atoms with Crippen molar-refractivity contribution in [2.75, 3.05) is 20.6 Å². The number of nitrogens with zero attached hydrogens (tertiary/aromatic N) is 4. The van der Waals surface area contributed by atoms with Crippen LogP contribution in [0.15, 0.2) is 0 Å². The summed E-state index contributed by atoms with van der Waals surface area (Å²) in [4.78, 5) is 16.8. The van der Waals surface area contributed by atoms with Gasteiger partial charge in [-0.15, -0.1) is 0 Å². The number of rotatable bonds is 6. The van der Waals surface area contributed by atoms with Crippen molar-refractivity contribution < 1.29 is 4.79 Å². The first-order valence-corrected chi connectivity index (χ1v) is 8.34. The molecule has 2 amide bonds. The molecule has 1 aliphatic rings. The highest BCUT2D eigenvalue weighted by atomic mass is 16.2. The molecule has 6 nitrogen and oxygen atoms in total. The summed E-state index contributed by atoms with van der Waals surface area (Å²) >= 11 is 0. The van der Waals surface area contributed by atoms with Crippen LogP contribution in [0.3, 0.4) is 0 Å². The van der Waals surface area contributed by atoms with E-state index in [0.717, 1.165) is 24.2 Å². The lowest BCUT2D eigenvalue weighted by Crippen LogP contribution is -2.51. The standard InChI is InChI=1S/C17H31N5O/c1-12-15(13(2)21(7)19-12)10-22(14-8-9-14)16(23)18-11-17(3,4)20(5)6/h14H,8-11H2,1-7H3,(H,18,23). The molecule has 0 bridgehead atoms. The highest BCUT2D eigenvalue weighted by Gasteiger charge is 2.34. The molecule has 0 saturated heterocycles. The van der Waals surface area contributed by atoms with Crippen LogP contribution in [0.5, 0.6) is 0 Å². The lowest BCUT2D eigenvalue weighted by atomic mass is 10.0. The fourth-order valence-electron chi connectivity index (χ4n) is 2.52. The molecule has 1 saturated carbocycles. The van der Waals surface area contributed by atoms with Crippen molar-refractivity contribution in [2.24, 2.45) is 7.05 Å². The quantitative estimate of drug-likeness (QED) is 0.872. The number of hydrogen-bond acceptors (Lipinski definition) is 3. The maximum atomic E-state index is 12.7. The number of likely N-dealkylation sites (N-methyl/N-ethyl adjacent to an activating group) is 1. The van der Waals surface area contributed by atoms with E-state index in [1.165, 1.54) is 5.56 Å². The zero-order valence-corrected chi connectivity index (χ0v) is 15.6. The summed E-state index contributed by atoms with van der Waals surface area (Å²) < 4.78 is 1.89. The zero-order chi connectivity index (χ0) is 17.4. The van der Waals surface area contributed by atoms with Gasteiger partial charge in [0.1, 0.15) is 0 Å². The molecule has 0 radical (unpaired) electrons. The van der Waals surface area contributed by atoms with E-state index < -0.39 is 0 Å². The van der Waals surface area contributed by atoms with Gasteiger partial charge in [-0.2, -0.15) is 5.10 Å². The van der Waals surface area contributed by atoms with Gasteiger partial charge in [-0.3, -0.25) is 4.68 Å². The molecule has 23 heavy (non-hydrogen) atoms. The number of carbonyl (C=O) groups is 1. The van der Waals surface area contributed by atoms with Gasteiger partial charge in [0.25, 0.3) is 0 Å². The molecular weight excluding hydrogens is 290 g/mol. The second-order valence-electron chi connectivity index (χ2n) is 7.50. The summed E-state index contributed by atoms with van der Waals surface area (Å²) in [5, 5.41) is 7.57. The Morgan fingerprint density at radius 3 is 2.39 bits per heavy atom. The predicted molar refractivity (Wildman–Crippen MR) is 92.4 cm³/mol. The molecule has 0 aliphatic heterocycles. The van der Waals surface area contributed by atoms with E-state index in [-0.39, 0.29) is 11.6 Å². The monoisotopic (exact) mass is 321 g/mol. The van der Waals surface area contributed by atoms with E-state index in [2.05, 4.69) is 36.1 Å². The van der Waals surface area contributed by atoms with Gasteiger partial charge in [0.15, 0.2) is 0 Å². The lowest BCUT2D eigenvalue weighted by molar-refractivity contribution is 0.166. The Morgan fingerprint density at radius 2 is 1.96 bits per heavy atom. The van der Waals surface area contributed by atoms with Gasteiger partial charge in [-0.05, 0) is 54.6 Å². The molecule has 0 aromatic carbocycles. The minimum Gasteiger partial charge on any atom is -0.336 e. The van der Waals surface area contributed by atoms with Crippen LogP contribution in [0.25, 0.3) is 0 Å². The van der Waals surface area contributed by atoms with Crippen molar-refractivity contribution in [3.8, 4) is 0 Å². The Balaban J connectivity index is 2.05. The minimum absolute atomic E-state index is 0.0325. The third kappa shape index (κ3) is 4.05. The van der Waals surface area contributed by atoms with Gasteiger partial charge in [0.05, 0.1) is 12.2 Å². The Labute approximate surface area is 139 Å². The SMILES string of the molecule is Cc1nn(C)c(C)c1CN(C(=O)NCC(C)(C)N(C)C)C1CC1.